The maximum Gasteiger partial charge on any atom is 0.417 e. The lowest BCUT2D eigenvalue weighted by Crippen LogP contribution is -2.47. The predicted octanol–water partition coefficient (Wildman–Crippen LogP) is 3.75. The van der Waals surface area contributed by atoms with Crippen LogP contribution in [0.25, 0.3) is 0 Å². The second kappa shape index (κ2) is 5.76. The molecule has 2 heterocycles. The first-order valence-corrected chi connectivity index (χ1v) is 8.52. The van der Waals surface area contributed by atoms with Crippen LogP contribution in [0.3, 0.4) is 0 Å². The molecule has 0 radical (unpaired) electrons. The van der Waals surface area contributed by atoms with Crippen molar-refractivity contribution in [2.45, 2.75) is 84.5 Å². The zero-order chi connectivity index (χ0) is 17.6. The van der Waals surface area contributed by atoms with Gasteiger partial charge in [-0.2, -0.15) is 0 Å². The van der Waals surface area contributed by atoms with Crippen LogP contribution in [-0.2, 0) is 14.3 Å². The van der Waals surface area contributed by atoms with E-state index in [2.05, 4.69) is 13.8 Å². The second-order valence-electron chi connectivity index (χ2n) is 9.24. The number of hydrogen-bond acceptors (Lipinski definition) is 4. The Balaban J connectivity index is 2.06. The highest BCUT2D eigenvalue weighted by Gasteiger charge is 2.50. The molecule has 0 aromatic rings. The fraction of sp³-hybridized carbons (Fsp3) is 0.889. The normalized spacial score (nSPS) is 29.9. The summed E-state index contributed by atoms with van der Waals surface area (Å²) in [5, 5.41) is 0. The van der Waals surface area contributed by atoms with E-state index in [4.69, 9.17) is 9.47 Å². The number of rotatable bonds is 2. The standard InChI is InChI=1S/C18H31NO4/c1-16(2,3)23-15(21)19-14(20)13(10-17(19,4)5)8-12-9-18(6,7)22-11-12/h12-13H,8-11H2,1-7H3/t12-,13+/m1/s1. The Bertz CT molecular complexity index is 490. The summed E-state index contributed by atoms with van der Waals surface area (Å²) in [6.07, 6.45) is 1.90. The Kier molecular flexibility index (Phi) is 4.57. The molecule has 2 amide bonds. The number of ether oxygens (including phenoxy) is 2. The van der Waals surface area contributed by atoms with E-state index in [-0.39, 0.29) is 17.4 Å². The van der Waals surface area contributed by atoms with Crippen LogP contribution in [0, 0.1) is 11.8 Å². The number of hydrogen-bond donors (Lipinski definition) is 0. The van der Waals surface area contributed by atoms with Gasteiger partial charge < -0.3 is 9.47 Å². The SMILES string of the molecule is CC(C)(C)OC(=O)N1C(=O)[C@@H](C[C@H]2COC(C)(C)C2)CC1(C)C. The Morgan fingerprint density at radius 2 is 1.87 bits per heavy atom. The molecule has 0 N–H and O–H groups in total. The van der Waals surface area contributed by atoms with E-state index >= 15 is 0 Å². The van der Waals surface area contributed by atoms with E-state index in [1.807, 2.05) is 34.6 Å². The molecular weight excluding hydrogens is 294 g/mol. The summed E-state index contributed by atoms with van der Waals surface area (Å²) in [4.78, 5) is 26.5. The van der Waals surface area contributed by atoms with Gasteiger partial charge in [-0.15, -0.1) is 0 Å². The molecule has 0 unspecified atom stereocenters. The summed E-state index contributed by atoms with van der Waals surface area (Å²) in [5.74, 6) is 0.155. The number of carbonyl (C=O) groups is 2. The molecular formula is C18H31NO4. The van der Waals surface area contributed by atoms with E-state index in [0.717, 1.165) is 12.8 Å². The van der Waals surface area contributed by atoms with Gasteiger partial charge in [0.2, 0.25) is 5.91 Å². The number of carbonyl (C=O) groups excluding carboxylic acids is 2. The first-order chi connectivity index (χ1) is 10.3. The predicted molar refractivity (Wildman–Crippen MR) is 88.0 cm³/mol. The third kappa shape index (κ3) is 4.25. The molecule has 2 fully saturated rings. The monoisotopic (exact) mass is 325 g/mol. The average molecular weight is 325 g/mol. The van der Waals surface area contributed by atoms with E-state index in [1.165, 1.54) is 4.90 Å². The smallest absolute Gasteiger partial charge is 0.417 e. The first kappa shape index (κ1) is 18.2. The molecule has 23 heavy (non-hydrogen) atoms. The van der Waals surface area contributed by atoms with Gasteiger partial charge in [-0.3, -0.25) is 4.79 Å². The number of imide groups is 1. The molecule has 2 atom stereocenters. The largest absolute Gasteiger partial charge is 0.443 e. The van der Waals surface area contributed by atoms with Gasteiger partial charge >= 0.3 is 6.09 Å². The third-order valence-corrected chi connectivity index (χ3v) is 4.60. The highest BCUT2D eigenvalue weighted by Crippen LogP contribution is 2.41. The van der Waals surface area contributed by atoms with Crippen LogP contribution in [0.5, 0.6) is 0 Å². The van der Waals surface area contributed by atoms with Crippen molar-refractivity contribution < 1.29 is 19.1 Å². The lowest BCUT2D eigenvalue weighted by molar-refractivity contribution is -0.132. The maximum absolute atomic E-state index is 12.8. The van der Waals surface area contributed by atoms with Crippen LogP contribution >= 0.6 is 0 Å². The Morgan fingerprint density at radius 3 is 2.35 bits per heavy atom. The van der Waals surface area contributed by atoms with Crippen LogP contribution in [-0.4, -0.2) is 40.2 Å². The van der Waals surface area contributed by atoms with Crippen LogP contribution in [0.15, 0.2) is 0 Å². The van der Waals surface area contributed by atoms with Gasteiger partial charge in [-0.05, 0) is 73.6 Å². The molecule has 0 aromatic carbocycles. The van der Waals surface area contributed by atoms with Crippen LogP contribution in [0.4, 0.5) is 4.79 Å². The summed E-state index contributed by atoms with van der Waals surface area (Å²) in [6, 6.07) is 0. The van der Waals surface area contributed by atoms with Crippen molar-refractivity contribution in [1.82, 2.24) is 4.90 Å². The van der Waals surface area contributed by atoms with Crippen molar-refractivity contribution in [1.29, 1.82) is 0 Å². The molecule has 2 aliphatic rings. The first-order valence-electron chi connectivity index (χ1n) is 8.52. The molecule has 0 aromatic heterocycles. The summed E-state index contributed by atoms with van der Waals surface area (Å²) >= 11 is 0. The van der Waals surface area contributed by atoms with Gasteiger partial charge in [-0.25, -0.2) is 9.69 Å². The van der Waals surface area contributed by atoms with Crippen LogP contribution in [0.2, 0.25) is 0 Å². The third-order valence-electron chi connectivity index (χ3n) is 4.60. The lowest BCUT2D eigenvalue weighted by atomic mass is 9.86. The fourth-order valence-electron chi connectivity index (χ4n) is 3.80. The van der Waals surface area contributed by atoms with Crippen molar-refractivity contribution in [2.24, 2.45) is 11.8 Å². The Labute approximate surface area is 139 Å². The number of amides is 2. The van der Waals surface area contributed by atoms with Crippen molar-refractivity contribution in [3.8, 4) is 0 Å². The molecule has 0 bridgehead atoms. The lowest BCUT2D eigenvalue weighted by Gasteiger charge is -2.31. The molecule has 5 heteroatoms. The van der Waals surface area contributed by atoms with Gasteiger partial charge in [0, 0.05) is 11.5 Å². The van der Waals surface area contributed by atoms with E-state index in [0.29, 0.717) is 18.9 Å². The molecule has 2 aliphatic heterocycles. The zero-order valence-corrected chi connectivity index (χ0v) is 15.6. The highest BCUT2D eigenvalue weighted by molar-refractivity contribution is 5.96. The maximum atomic E-state index is 12.8. The van der Waals surface area contributed by atoms with Crippen molar-refractivity contribution in [3.63, 3.8) is 0 Å². The summed E-state index contributed by atoms with van der Waals surface area (Å²) in [5.41, 5.74) is -1.21. The molecule has 132 valence electrons. The van der Waals surface area contributed by atoms with E-state index < -0.39 is 17.2 Å². The quantitative estimate of drug-likeness (QED) is 0.776. The number of likely N-dealkylation sites (tertiary alicyclic amines) is 1. The molecule has 0 saturated carbocycles. The van der Waals surface area contributed by atoms with Crippen molar-refractivity contribution >= 4 is 12.0 Å². The topological polar surface area (TPSA) is 55.8 Å². The van der Waals surface area contributed by atoms with Crippen molar-refractivity contribution in [2.75, 3.05) is 6.61 Å². The van der Waals surface area contributed by atoms with E-state index in [1.54, 1.807) is 0 Å². The molecule has 2 rings (SSSR count). The minimum Gasteiger partial charge on any atom is -0.443 e. The van der Waals surface area contributed by atoms with Gasteiger partial charge in [0.25, 0.3) is 0 Å². The minimum atomic E-state index is -0.602. The molecule has 2 saturated heterocycles. The van der Waals surface area contributed by atoms with Crippen LogP contribution in [0.1, 0.15) is 67.7 Å². The van der Waals surface area contributed by atoms with Crippen LogP contribution < -0.4 is 0 Å². The molecule has 0 spiro atoms. The Morgan fingerprint density at radius 1 is 1.26 bits per heavy atom. The second-order valence-corrected chi connectivity index (χ2v) is 9.24. The van der Waals surface area contributed by atoms with Gasteiger partial charge in [0.1, 0.15) is 5.60 Å². The van der Waals surface area contributed by atoms with Crippen molar-refractivity contribution in [3.05, 3.63) is 0 Å². The molecule has 0 aliphatic carbocycles. The highest BCUT2D eigenvalue weighted by atomic mass is 16.6. The summed E-state index contributed by atoms with van der Waals surface area (Å²) in [7, 11) is 0. The van der Waals surface area contributed by atoms with E-state index in [9.17, 15) is 9.59 Å². The van der Waals surface area contributed by atoms with Gasteiger partial charge in [0.05, 0.1) is 12.2 Å². The summed E-state index contributed by atoms with van der Waals surface area (Å²) in [6.45, 7) is 14.2. The number of nitrogens with zero attached hydrogens (tertiary/aromatic N) is 1. The van der Waals surface area contributed by atoms with Gasteiger partial charge in [-0.1, -0.05) is 0 Å². The fourth-order valence-corrected chi connectivity index (χ4v) is 3.80. The molecule has 5 nitrogen and oxygen atoms in total. The zero-order valence-electron chi connectivity index (χ0n) is 15.6. The minimum absolute atomic E-state index is 0.103. The van der Waals surface area contributed by atoms with Gasteiger partial charge in [0.15, 0.2) is 0 Å². The summed E-state index contributed by atoms with van der Waals surface area (Å²) < 4.78 is 11.2. The Hall–Kier alpha value is -1.10. The average Bonchev–Trinajstić information content (AvgIpc) is 2.74.